The average Bonchev–Trinajstić information content (AvgIpc) is 3.17. The Morgan fingerprint density at radius 3 is 2.76 bits per heavy atom. The highest BCUT2D eigenvalue weighted by Gasteiger charge is 2.29. The van der Waals surface area contributed by atoms with Crippen LogP contribution in [0.4, 0.5) is 5.82 Å². The third-order valence-electron chi connectivity index (χ3n) is 5.77. The van der Waals surface area contributed by atoms with E-state index in [2.05, 4.69) is 24.8 Å². The summed E-state index contributed by atoms with van der Waals surface area (Å²) in [6.45, 7) is 5.21. The molecule has 8 nitrogen and oxygen atoms in total. The van der Waals surface area contributed by atoms with Crippen LogP contribution in [0.1, 0.15) is 36.0 Å². The largest absolute Gasteiger partial charge is 0.385 e. The highest BCUT2D eigenvalue weighted by molar-refractivity contribution is 5.56. The van der Waals surface area contributed by atoms with E-state index < -0.39 is 6.10 Å². The number of imidazole rings is 1. The molecule has 3 aromatic rings. The Labute approximate surface area is 169 Å². The smallest absolute Gasteiger partial charge is 0.254 e. The van der Waals surface area contributed by atoms with Crippen LogP contribution >= 0.6 is 0 Å². The van der Waals surface area contributed by atoms with Crippen molar-refractivity contribution in [2.45, 2.75) is 32.8 Å². The summed E-state index contributed by atoms with van der Waals surface area (Å²) in [5.41, 5.74) is 1.99. The zero-order chi connectivity index (χ0) is 20.5. The van der Waals surface area contributed by atoms with E-state index in [1.165, 1.54) is 0 Å². The van der Waals surface area contributed by atoms with Crippen LogP contribution in [0.25, 0.3) is 11.4 Å². The number of aromatic nitrogens is 5. The molecule has 2 N–H and O–H groups in total. The van der Waals surface area contributed by atoms with Gasteiger partial charge in [-0.05, 0) is 38.8 Å². The van der Waals surface area contributed by atoms with Gasteiger partial charge in [-0.15, -0.1) is 0 Å². The van der Waals surface area contributed by atoms with Crippen LogP contribution in [0.2, 0.25) is 0 Å². The van der Waals surface area contributed by atoms with Crippen LogP contribution in [0.3, 0.4) is 0 Å². The van der Waals surface area contributed by atoms with Gasteiger partial charge in [-0.25, -0.2) is 15.0 Å². The Morgan fingerprint density at radius 2 is 2.10 bits per heavy atom. The lowest BCUT2D eigenvalue weighted by Gasteiger charge is -2.35. The zero-order valence-corrected chi connectivity index (χ0v) is 17.0. The highest BCUT2D eigenvalue weighted by Crippen LogP contribution is 2.31. The maximum atomic E-state index is 12.0. The Hall–Kier alpha value is -3.00. The molecular weight excluding hydrogens is 368 g/mol. The van der Waals surface area contributed by atoms with Gasteiger partial charge in [-0.2, -0.15) is 0 Å². The first-order valence-corrected chi connectivity index (χ1v) is 9.88. The number of hydrogen-bond donors (Lipinski definition) is 2. The summed E-state index contributed by atoms with van der Waals surface area (Å²) >= 11 is 0. The molecule has 0 spiro atoms. The van der Waals surface area contributed by atoms with Gasteiger partial charge >= 0.3 is 0 Å². The summed E-state index contributed by atoms with van der Waals surface area (Å²) in [6.07, 6.45) is 6.65. The Kier molecular flexibility index (Phi) is 5.19. The fourth-order valence-electron chi connectivity index (χ4n) is 3.84. The second-order valence-electron chi connectivity index (χ2n) is 7.72. The molecule has 1 aliphatic heterocycles. The molecule has 8 heteroatoms. The number of pyridine rings is 1. The molecule has 1 saturated heterocycles. The van der Waals surface area contributed by atoms with E-state index in [9.17, 15) is 9.90 Å². The van der Waals surface area contributed by atoms with Crippen molar-refractivity contribution < 1.29 is 5.11 Å². The van der Waals surface area contributed by atoms with Crippen molar-refractivity contribution in [3.05, 3.63) is 58.2 Å². The van der Waals surface area contributed by atoms with E-state index in [1.807, 2.05) is 36.9 Å². The summed E-state index contributed by atoms with van der Waals surface area (Å²) in [6, 6.07) is 3.87. The van der Waals surface area contributed by atoms with Gasteiger partial charge in [-0.3, -0.25) is 4.79 Å². The number of rotatable bonds is 4. The standard InChI is InChI=1S/C21H26N6O2/c1-13-14(2)24-19(25-21(13)29)15-6-7-17(23-11-15)27-9-4-5-16(12-27)18(28)20-22-8-10-26(20)3/h6-8,10-11,16,18,28H,4-5,9,12H2,1-3H3,(H,24,25,29). The second kappa shape index (κ2) is 7.79. The molecule has 0 saturated carbocycles. The van der Waals surface area contributed by atoms with Gasteiger partial charge in [-0.1, -0.05) is 0 Å². The fourth-order valence-corrected chi connectivity index (χ4v) is 3.84. The number of nitrogens with zero attached hydrogens (tertiary/aromatic N) is 5. The molecule has 152 valence electrons. The topological polar surface area (TPSA) is 99.9 Å². The number of aliphatic hydroxyl groups excluding tert-OH is 1. The first-order chi connectivity index (χ1) is 13.9. The predicted octanol–water partition coefficient (Wildman–Crippen LogP) is 2.13. The molecule has 2 atom stereocenters. The lowest BCUT2D eigenvalue weighted by atomic mass is 9.92. The number of anilines is 1. The van der Waals surface area contributed by atoms with Gasteiger partial charge in [0.1, 0.15) is 23.6 Å². The first-order valence-electron chi connectivity index (χ1n) is 9.88. The van der Waals surface area contributed by atoms with Gasteiger partial charge < -0.3 is 19.6 Å². The van der Waals surface area contributed by atoms with Crippen LogP contribution in [0.15, 0.2) is 35.5 Å². The summed E-state index contributed by atoms with van der Waals surface area (Å²) in [4.78, 5) is 30.4. The molecule has 1 fully saturated rings. The summed E-state index contributed by atoms with van der Waals surface area (Å²) in [5.74, 6) is 2.18. The molecule has 29 heavy (non-hydrogen) atoms. The molecule has 3 aromatic heterocycles. The van der Waals surface area contributed by atoms with E-state index in [0.717, 1.165) is 43.0 Å². The molecule has 0 bridgehead atoms. The van der Waals surface area contributed by atoms with Crippen LogP contribution in [0.5, 0.6) is 0 Å². The van der Waals surface area contributed by atoms with Crippen molar-refractivity contribution in [2.75, 3.05) is 18.0 Å². The second-order valence-corrected chi connectivity index (χ2v) is 7.72. The number of nitrogens with one attached hydrogen (secondary N) is 1. The Bertz CT molecular complexity index is 1060. The molecule has 1 aliphatic rings. The van der Waals surface area contributed by atoms with Gasteiger partial charge in [0.2, 0.25) is 0 Å². The SMILES string of the molecule is Cc1nc(-c2ccc(N3CCCC(C(O)c4nccn4C)C3)nc2)[nH]c(=O)c1C. The lowest BCUT2D eigenvalue weighted by molar-refractivity contribution is 0.0874. The zero-order valence-electron chi connectivity index (χ0n) is 17.0. The van der Waals surface area contributed by atoms with Crippen molar-refractivity contribution in [3.8, 4) is 11.4 Å². The lowest BCUT2D eigenvalue weighted by Crippen LogP contribution is -2.38. The van der Waals surface area contributed by atoms with Gasteiger partial charge in [0.15, 0.2) is 0 Å². The van der Waals surface area contributed by atoms with E-state index >= 15 is 0 Å². The third kappa shape index (κ3) is 3.80. The number of aryl methyl sites for hydroxylation is 2. The monoisotopic (exact) mass is 394 g/mol. The number of aliphatic hydroxyl groups is 1. The van der Waals surface area contributed by atoms with Crippen molar-refractivity contribution in [2.24, 2.45) is 13.0 Å². The van der Waals surface area contributed by atoms with E-state index in [4.69, 9.17) is 0 Å². The Balaban J connectivity index is 1.52. The molecule has 4 rings (SSSR count). The molecular formula is C21H26N6O2. The molecule has 0 radical (unpaired) electrons. The molecule has 4 heterocycles. The number of H-pyrrole nitrogens is 1. The van der Waals surface area contributed by atoms with Crippen molar-refractivity contribution in [3.63, 3.8) is 0 Å². The van der Waals surface area contributed by atoms with Crippen LogP contribution < -0.4 is 10.5 Å². The van der Waals surface area contributed by atoms with Crippen LogP contribution in [-0.4, -0.2) is 42.7 Å². The third-order valence-corrected chi connectivity index (χ3v) is 5.77. The minimum atomic E-state index is -0.595. The van der Waals surface area contributed by atoms with Gasteiger partial charge in [0.25, 0.3) is 5.56 Å². The summed E-state index contributed by atoms with van der Waals surface area (Å²) < 4.78 is 1.87. The van der Waals surface area contributed by atoms with Crippen molar-refractivity contribution in [1.82, 2.24) is 24.5 Å². The number of hydrogen-bond acceptors (Lipinski definition) is 6. The van der Waals surface area contributed by atoms with E-state index in [0.29, 0.717) is 17.2 Å². The van der Waals surface area contributed by atoms with Crippen molar-refractivity contribution >= 4 is 5.82 Å². The van der Waals surface area contributed by atoms with E-state index in [-0.39, 0.29) is 11.5 Å². The quantitative estimate of drug-likeness (QED) is 0.703. The van der Waals surface area contributed by atoms with Crippen LogP contribution in [-0.2, 0) is 7.05 Å². The maximum absolute atomic E-state index is 12.0. The van der Waals surface area contributed by atoms with Gasteiger partial charge in [0, 0.05) is 61.5 Å². The normalized spacial score (nSPS) is 18.1. The molecule has 0 aromatic carbocycles. The van der Waals surface area contributed by atoms with Crippen molar-refractivity contribution in [1.29, 1.82) is 0 Å². The number of aromatic amines is 1. The maximum Gasteiger partial charge on any atom is 0.254 e. The Morgan fingerprint density at radius 1 is 1.28 bits per heavy atom. The number of piperidine rings is 1. The van der Waals surface area contributed by atoms with Gasteiger partial charge in [0.05, 0.1) is 0 Å². The molecule has 0 amide bonds. The summed E-state index contributed by atoms with van der Waals surface area (Å²) in [7, 11) is 1.90. The minimum Gasteiger partial charge on any atom is -0.385 e. The van der Waals surface area contributed by atoms with E-state index in [1.54, 1.807) is 19.3 Å². The fraction of sp³-hybridized carbons (Fsp3) is 0.429. The first kappa shape index (κ1) is 19.3. The van der Waals surface area contributed by atoms with Crippen LogP contribution in [0, 0.1) is 19.8 Å². The highest BCUT2D eigenvalue weighted by atomic mass is 16.3. The average molecular weight is 394 g/mol. The summed E-state index contributed by atoms with van der Waals surface area (Å²) in [5, 5.41) is 10.8. The molecule has 0 aliphatic carbocycles. The predicted molar refractivity (Wildman–Crippen MR) is 111 cm³/mol. The molecule has 2 unspecified atom stereocenters. The minimum absolute atomic E-state index is 0.101.